The van der Waals surface area contributed by atoms with Crippen molar-refractivity contribution in [2.24, 2.45) is 0 Å². The van der Waals surface area contributed by atoms with Gasteiger partial charge in [0.05, 0.1) is 23.9 Å². The van der Waals surface area contributed by atoms with Crippen LogP contribution >= 0.6 is 0 Å². The molecule has 0 aliphatic carbocycles. The van der Waals surface area contributed by atoms with Gasteiger partial charge in [0.1, 0.15) is 11.5 Å². The van der Waals surface area contributed by atoms with Crippen molar-refractivity contribution in [3.8, 4) is 11.3 Å². The first-order chi connectivity index (χ1) is 11.8. The fourth-order valence-electron chi connectivity index (χ4n) is 2.66. The number of nitrogen functional groups attached to an aromatic ring is 1. The minimum absolute atomic E-state index is 0.191. The largest absolute Gasteiger partial charge is 0.383 e. The highest BCUT2D eigenvalue weighted by Crippen LogP contribution is 2.32. The lowest BCUT2D eigenvalue weighted by Crippen LogP contribution is -2.09. The molecule has 4 aromatic rings. The van der Waals surface area contributed by atoms with Gasteiger partial charge in [-0.1, -0.05) is 0 Å². The minimum atomic E-state index is 0.191. The molecular weight excluding hydrogens is 308 g/mol. The Balaban J connectivity index is 1.90. The van der Waals surface area contributed by atoms with E-state index in [0.717, 1.165) is 27.8 Å². The number of rotatable bonds is 5. The topological polar surface area (TPSA) is 130 Å². The first-order valence-electron chi connectivity index (χ1n) is 7.44. The first-order valence-corrected chi connectivity index (χ1v) is 7.44. The van der Waals surface area contributed by atoms with Crippen LogP contribution in [0.5, 0.6) is 0 Å². The number of aromatic amines is 2. The zero-order valence-corrected chi connectivity index (χ0v) is 13.0. The molecule has 4 rings (SSSR count). The predicted molar refractivity (Wildman–Crippen MR) is 91.5 cm³/mol. The number of nitrogens with two attached hydrogens (primary N) is 1. The molecule has 4 heterocycles. The zero-order chi connectivity index (χ0) is 16.5. The molecule has 4 aromatic heterocycles. The summed E-state index contributed by atoms with van der Waals surface area (Å²) in [5.74, 6) is 0.918. The van der Waals surface area contributed by atoms with Crippen LogP contribution in [0, 0.1) is 0 Å². The van der Waals surface area contributed by atoms with Crippen LogP contribution in [0.25, 0.3) is 33.3 Å². The Kier molecular flexibility index (Phi) is 3.47. The van der Waals surface area contributed by atoms with Crippen molar-refractivity contribution in [1.82, 2.24) is 30.1 Å². The average Bonchev–Trinajstić information content (AvgIpc) is 3.22. The van der Waals surface area contributed by atoms with Gasteiger partial charge >= 0.3 is 0 Å². The number of nitrogens with one attached hydrogen (secondary N) is 3. The maximum atomic E-state index is 5.85. The van der Waals surface area contributed by atoms with Crippen molar-refractivity contribution in [3.05, 3.63) is 24.5 Å². The van der Waals surface area contributed by atoms with Crippen LogP contribution in [0.2, 0.25) is 0 Å². The van der Waals surface area contributed by atoms with Gasteiger partial charge in [-0.15, -0.1) is 0 Å². The molecule has 0 unspecified atom stereocenters. The molecule has 0 saturated carbocycles. The van der Waals surface area contributed by atoms with E-state index in [4.69, 9.17) is 10.5 Å². The highest BCUT2D eigenvalue weighted by atomic mass is 16.5. The van der Waals surface area contributed by atoms with Gasteiger partial charge in [0.15, 0.2) is 5.65 Å². The molecule has 5 N–H and O–H groups in total. The van der Waals surface area contributed by atoms with Crippen LogP contribution in [-0.4, -0.2) is 50.4 Å². The second kappa shape index (κ2) is 5.78. The summed E-state index contributed by atoms with van der Waals surface area (Å²) < 4.78 is 5.07. The summed E-state index contributed by atoms with van der Waals surface area (Å²) in [7, 11) is 1.66. The quantitative estimate of drug-likeness (QED) is 0.409. The molecule has 0 saturated heterocycles. The summed E-state index contributed by atoms with van der Waals surface area (Å²) in [4.78, 5) is 16.3. The third kappa shape index (κ3) is 2.40. The van der Waals surface area contributed by atoms with Crippen molar-refractivity contribution in [1.29, 1.82) is 0 Å². The lowest BCUT2D eigenvalue weighted by Gasteiger charge is -2.09. The molecule has 0 amide bonds. The third-order valence-electron chi connectivity index (χ3n) is 3.72. The second-order valence-electron chi connectivity index (χ2n) is 5.28. The average molecular weight is 324 g/mol. The van der Waals surface area contributed by atoms with E-state index in [-0.39, 0.29) is 5.95 Å². The lowest BCUT2D eigenvalue weighted by atomic mass is 10.1. The van der Waals surface area contributed by atoms with E-state index < -0.39 is 0 Å². The molecule has 9 nitrogen and oxygen atoms in total. The van der Waals surface area contributed by atoms with Crippen LogP contribution < -0.4 is 11.1 Å². The normalized spacial score (nSPS) is 11.4. The molecule has 0 atom stereocenters. The van der Waals surface area contributed by atoms with Gasteiger partial charge in [-0.2, -0.15) is 10.1 Å². The number of fused-ring (bicyclic) bond motifs is 2. The van der Waals surface area contributed by atoms with Gasteiger partial charge in [0, 0.05) is 30.8 Å². The summed E-state index contributed by atoms with van der Waals surface area (Å²) in [6, 6.07) is 3.90. The molecule has 24 heavy (non-hydrogen) atoms. The number of hydrogen-bond donors (Lipinski definition) is 4. The van der Waals surface area contributed by atoms with Gasteiger partial charge in [-0.05, 0) is 12.1 Å². The molecule has 0 spiro atoms. The maximum absolute atomic E-state index is 5.85. The molecule has 0 bridgehead atoms. The van der Waals surface area contributed by atoms with Crippen LogP contribution in [-0.2, 0) is 4.74 Å². The molecule has 0 aliphatic heterocycles. The van der Waals surface area contributed by atoms with E-state index in [1.165, 1.54) is 0 Å². The summed E-state index contributed by atoms with van der Waals surface area (Å²) in [6.45, 7) is 1.24. The van der Waals surface area contributed by atoms with E-state index in [9.17, 15) is 0 Å². The van der Waals surface area contributed by atoms with Gasteiger partial charge in [0.25, 0.3) is 0 Å². The Hall–Kier alpha value is -3.20. The zero-order valence-electron chi connectivity index (χ0n) is 13.0. The summed E-state index contributed by atoms with van der Waals surface area (Å²) in [5.41, 5.74) is 8.84. The Morgan fingerprint density at radius 3 is 3.00 bits per heavy atom. The fraction of sp³-hybridized carbons (Fsp3) is 0.200. The molecule has 9 heteroatoms. The molecular formula is C15H16N8O. The Bertz CT molecular complexity index is 1010. The van der Waals surface area contributed by atoms with Crippen molar-refractivity contribution in [3.63, 3.8) is 0 Å². The van der Waals surface area contributed by atoms with Crippen molar-refractivity contribution < 1.29 is 4.74 Å². The Labute approximate surface area is 136 Å². The van der Waals surface area contributed by atoms with Gasteiger partial charge in [-0.3, -0.25) is 5.10 Å². The van der Waals surface area contributed by atoms with Gasteiger partial charge in [-0.25, -0.2) is 9.97 Å². The highest BCUT2D eigenvalue weighted by Gasteiger charge is 2.15. The minimum Gasteiger partial charge on any atom is -0.383 e. The maximum Gasteiger partial charge on any atom is 0.222 e. The molecule has 0 fully saturated rings. The number of nitrogens with zero attached hydrogens (tertiary/aromatic N) is 4. The molecule has 0 radical (unpaired) electrons. The number of pyridine rings is 1. The van der Waals surface area contributed by atoms with Crippen molar-refractivity contribution >= 4 is 33.8 Å². The summed E-state index contributed by atoms with van der Waals surface area (Å²) in [6.07, 6.45) is 3.54. The number of methoxy groups -OCH3 is 1. The fourth-order valence-corrected chi connectivity index (χ4v) is 2.66. The number of hydrogen-bond acceptors (Lipinski definition) is 7. The van der Waals surface area contributed by atoms with E-state index in [1.54, 1.807) is 13.3 Å². The van der Waals surface area contributed by atoms with Crippen LogP contribution in [0.3, 0.4) is 0 Å². The number of H-pyrrole nitrogens is 2. The predicted octanol–water partition coefficient (Wildman–Crippen LogP) is 1.54. The molecule has 0 aromatic carbocycles. The van der Waals surface area contributed by atoms with Crippen LogP contribution in [0.15, 0.2) is 24.5 Å². The lowest BCUT2D eigenvalue weighted by molar-refractivity contribution is 0.210. The summed E-state index contributed by atoms with van der Waals surface area (Å²) in [5, 5.41) is 11.9. The number of aromatic nitrogens is 6. The second-order valence-corrected chi connectivity index (χ2v) is 5.28. The first kappa shape index (κ1) is 14.4. The summed E-state index contributed by atoms with van der Waals surface area (Å²) >= 11 is 0. The molecule has 0 aliphatic rings. The van der Waals surface area contributed by atoms with E-state index >= 15 is 0 Å². The van der Waals surface area contributed by atoms with Crippen LogP contribution in [0.4, 0.5) is 11.8 Å². The Morgan fingerprint density at radius 2 is 2.12 bits per heavy atom. The van der Waals surface area contributed by atoms with Gasteiger partial charge < -0.3 is 20.8 Å². The number of anilines is 2. The van der Waals surface area contributed by atoms with Gasteiger partial charge in [0.2, 0.25) is 5.95 Å². The highest BCUT2D eigenvalue weighted by molar-refractivity contribution is 6.01. The number of ether oxygens (including phenoxy) is 1. The molecule has 122 valence electrons. The monoisotopic (exact) mass is 324 g/mol. The Morgan fingerprint density at radius 1 is 1.21 bits per heavy atom. The van der Waals surface area contributed by atoms with E-state index in [2.05, 4.69) is 35.5 Å². The SMILES string of the molecule is COCCNc1cc(-c2nc(N)nc3[nH]ncc23)c2cc[nH]c2n1. The standard InChI is InChI=1S/C15H16N8O/c1-24-5-4-17-11-6-9(8-2-3-18-13(8)20-11)12-10-7-19-23-14(10)22-15(16)21-12/h2-3,6-7H,4-5H2,1H3,(H2,17,18,20)(H3,16,19,21,22,23). The third-order valence-corrected chi connectivity index (χ3v) is 3.72. The van der Waals surface area contributed by atoms with E-state index in [1.807, 2.05) is 18.3 Å². The smallest absolute Gasteiger partial charge is 0.222 e. The van der Waals surface area contributed by atoms with Crippen LogP contribution in [0.1, 0.15) is 0 Å². The van der Waals surface area contributed by atoms with Crippen molar-refractivity contribution in [2.45, 2.75) is 0 Å². The van der Waals surface area contributed by atoms with Crippen molar-refractivity contribution in [2.75, 3.05) is 31.3 Å². The van der Waals surface area contributed by atoms with E-state index in [0.29, 0.717) is 24.5 Å².